The maximum absolute atomic E-state index is 13.3. The zero-order valence-corrected chi connectivity index (χ0v) is 20.5. The summed E-state index contributed by atoms with van der Waals surface area (Å²) in [5.74, 6) is -2.12. The third-order valence-corrected chi connectivity index (χ3v) is 6.81. The average Bonchev–Trinajstić information content (AvgIpc) is 3.45. The van der Waals surface area contributed by atoms with E-state index < -0.39 is 23.7 Å². The summed E-state index contributed by atoms with van der Waals surface area (Å²) >= 11 is 0. The van der Waals surface area contributed by atoms with Crippen LogP contribution in [0.4, 0.5) is 0 Å². The molecule has 0 saturated carbocycles. The van der Waals surface area contributed by atoms with Crippen LogP contribution in [0.5, 0.6) is 0 Å². The first-order valence-electron chi connectivity index (χ1n) is 12.0. The van der Waals surface area contributed by atoms with Crippen LogP contribution in [0.15, 0.2) is 84.6 Å². The van der Waals surface area contributed by atoms with E-state index in [-0.39, 0.29) is 17.9 Å². The first-order chi connectivity index (χ1) is 17.9. The van der Waals surface area contributed by atoms with Crippen molar-refractivity contribution in [1.29, 1.82) is 0 Å². The maximum Gasteiger partial charge on any atom is 0.337 e. The van der Waals surface area contributed by atoms with Crippen molar-refractivity contribution in [2.45, 2.75) is 19.4 Å². The van der Waals surface area contributed by atoms with Crippen LogP contribution in [0.3, 0.4) is 0 Å². The van der Waals surface area contributed by atoms with Crippen molar-refractivity contribution < 1.29 is 24.2 Å². The van der Waals surface area contributed by atoms with Gasteiger partial charge in [-0.1, -0.05) is 60.2 Å². The largest absolute Gasteiger partial charge is 0.507 e. The molecule has 0 aliphatic carbocycles. The van der Waals surface area contributed by atoms with Gasteiger partial charge in [0.25, 0.3) is 11.7 Å². The summed E-state index contributed by atoms with van der Waals surface area (Å²) in [6.45, 7) is 2.19. The van der Waals surface area contributed by atoms with E-state index >= 15 is 0 Å². The smallest absolute Gasteiger partial charge is 0.337 e. The second-order valence-electron chi connectivity index (χ2n) is 9.08. The molecule has 4 aromatic rings. The second-order valence-corrected chi connectivity index (χ2v) is 9.08. The minimum Gasteiger partial charge on any atom is -0.507 e. The van der Waals surface area contributed by atoms with Gasteiger partial charge in [-0.15, -0.1) is 0 Å². The minimum absolute atomic E-state index is 0.0265. The topological polar surface area (TPSA) is 99.7 Å². The number of rotatable bonds is 6. The molecular formula is C30H26N2O5. The van der Waals surface area contributed by atoms with Crippen LogP contribution in [0, 0.1) is 6.92 Å². The van der Waals surface area contributed by atoms with E-state index in [0.29, 0.717) is 23.1 Å². The molecule has 7 nitrogen and oxygen atoms in total. The number of aliphatic hydroxyl groups excluding tert-OH is 1. The molecule has 1 saturated heterocycles. The second kappa shape index (κ2) is 9.78. The van der Waals surface area contributed by atoms with Crippen LogP contribution in [-0.2, 0) is 20.7 Å². The van der Waals surface area contributed by atoms with Crippen LogP contribution in [0.25, 0.3) is 16.7 Å². The van der Waals surface area contributed by atoms with Gasteiger partial charge < -0.3 is 19.7 Å². The lowest BCUT2D eigenvalue weighted by Gasteiger charge is -2.25. The summed E-state index contributed by atoms with van der Waals surface area (Å²) in [4.78, 5) is 43.3. The molecule has 1 unspecified atom stereocenters. The van der Waals surface area contributed by atoms with Crippen molar-refractivity contribution in [1.82, 2.24) is 9.88 Å². The van der Waals surface area contributed by atoms with Gasteiger partial charge in [0.15, 0.2) is 0 Å². The van der Waals surface area contributed by atoms with Gasteiger partial charge in [-0.25, -0.2) is 4.79 Å². The number of para-hydroxylation sites is 1. The van der Waals surface area contributed by atoms with Gasteiger partial charge in [0.2, 0.25) is 0 Å². The molecule has 0 spiro atoms. The fraction of sp³-hybridized carbons (Fsp3) is 0.167. The Kier molecular flexibility index (Phi) is 6.36. The summed E-state index contributed by atoms with van der Waals surface area (Å²) in [5, 5.41) is 12.3. The molecule has 1 amide bonds. The molecule has 1 fully saturated rings. The summed E-state index contributed by atoms with van der Waals surface area (Å²) in [5.41, 5.74) is 4.46. The number of aliphatic hydroxyl groups is 1. The SMILES string of the molecule is COC(=O)c1ccc(C2/C(=C(/O)c3ccc(C)cc3)C(=O)C(=O)N2CCc2c[nH]c3ccccc23)cc1. The van der Waals surface area contributed by atoms with Gasteiger partial charge in [-0.05, 0) is 42.7 Å². The van der Waals surface area contributed by atoms with Crippen molar-refractivity contribution >= 4 is 34.3 Å². The van der Waals surface area contributed by atoms with Gasteiger partial charge in [-0.2, -0.15) is 0 Å². The number of amides is 1. The van der Waals surface area contributed by atoms with E-state index in [9.17, 15) is 19.5 Å². The number of nitrogens with one attached hydrogen (secondary N) is 1. The fourth-order valence-electron chi connectivity index (χ4n) is 4.82. The molecule has 1 aliphatic rings. The van der Waals surface area contributed by atoms with Crippen LogP contribution >= 0.6 is 0 Å². The number of carbonyl (C=O) groups excluding carboxylic acids is 3. The van der Waals surface area contributed by atoms with Crippen LogP contribution < -0.4 is 0 Å². The standard InChI is InChI=1S/C30H26N2O5/c1-18-7-9-20(10-8-18)27(33)25-26(19-11-13-21(14-12-19)30(36)37-2)32(29(35)28(25)34)16-15-22-17-31-24-6-4-3-5-23(22)24/h3-14,17,26,31,33H,15-16H2,1-2H3/b27-25-. The number of nitrogens with zero attached hydrogens (tertiary/aromatic N) is 1. The number of hydrogen-bond acceptors (Lipinski definition) is 5. The van der Waals surface area contributed by atoms with Gasteiger partial charge in [0, 0.05) is 29.2 Å². The molecule has 0 bridgehead atoms. The number of aryl methyl sites for hydroxylation is 1. The molecule has 37 heavy (non-hydrogen) atoms. The molecule has 7 heteroatoms. The predicted octanol–water partition coefficient (Wildman–Crippen LogP) is 4.93. The number of ether oxygens (including phenoxy) is 1. The maximum atomic E-state index is 13.3. The normalized spacial score (nSPS) is 16.9. The van der Waals surface area contributed by atoms with Crippen molar-refractivity contribution in [2.24, 2.45) is 0 Å². The third kappa shape index (κ3) is 4.40. The monoisotopic (exact) mass is 494 g/mol. The Morgan fingerprint density at radius 1 is 0.973 bits per heavy atom. The number of aromatic nitrogens is 1. The van der Waals surface area contributed by atoms with Crippen molar-refractivity contribution in [3.63, 3.8) is 0 Å². The Morgan fingerprint density at radius 3 is 2.35 bits per heavy atom. The van der Waals surface area contributed by atoms with E-state index in [1.165, 1.54) is 12.0 Å². The van der Waals surface area contributed by atoms with E-state index in [1.54, 1.807) is 36.4 Å². The number of esters is 1. The molecular weight excluding hydrogens is 468 g/mol. The molecule has 0 radical (unpaired) electrons. The zero-order valence-electron chi connectivity index (χ0n) is 20.5. The molecule has 1 aromatic heterocycles. The zero-order chi connectivity index (χ0) is 26.1. The van der Waals surface area contributed by atoms with Crippen molar-refractivity contribution in [3.8, 4) is 0 Å². The number of ketones is 1. The highest BCUT2D eigenvalue weighted by atomic mass is 16.5. The summed E-state index contributed by atoms with van der Waals surface area (Å²) in [7, 11) is 1.30. The summed E-state index contributed by atoms with van der Waals surface area (Å²) < 4.78 is 4.79. The highest BCUT2D eigenvalue weighted by Crippen LogP contribution is 2.39. The number of hydrogen-bond donors (Lipinski definition) is 2. The van der Waals surface area contributed by atoms with Gasteiger partial charge >= 0.3 is 5.97 Å². The van der Waals surface area contributed by atoms with E-state index in [0.717, 1.165) is 22.0 Å². The number of carbonyl (C=O) groups is 3. The van der Waals surface area contributed by atoms with Crippen molar-refractivity contribution in [2.75, 3.05) is 13.7 Å². The number of benzene rings is 3. The Bertz CT molecular complexity index is 1530. The summed E-state index contributed by atoms with van der Waals surface area (Å²) in [6.07, 6.45) is 2.42. The lowest BCUT2D eigenvalue weighted by Crippen LogP contribution is -2.31. The molecule has 2 heterocycles. The van der Waals surface area contributed by atoms with Crippen LogP contribution in [-0.4, -0.2) is 46.3 Å². The fourth-order valence-corrected chi connectivity index (χ4v) is 4.82. The Labute approximate surface area is 214 Å². The molecule has 1 aliphatic heterocycles. The van der Waals surface area contributed by atoms with E-state index in [2.05, 4.69) is 4.98 Å². The molecule has 3 aromatic carbocycles. The van der Waals surface area contributed by atoms with Gasteiger partial charge in [0.05, 0.1) is 24.3 Å². The van der Waals surface area contributed by atoms with Crippen LogP contribution in [0.2, 0.25) is 0 Å². The molecule has 5 rings (SSSR count). The lowest BCUT2D eigenvalue weighted by molar-refractivity contribution is -0.139. The first kappa shape index (κ1) is 24.1. The van der Waals surface area contributed by atoms with E-state index in [1.807, 2.05) is 49.5 Å². The van der Waals surface area contributed by atoms with Gasteiger partial charge in [0.1, 0.15) is 5.76 Å². The van der Waals surface area contributed by atoms with E-state index in [4.69, 9.17) is 4.74 Å². The van der Waals surface area contributed by atoms with Crippen molar-refractivity contribution in [3.05, 3.63) is 112 Å². The summed E-state index contributed by atoms with van der Waals surface area (Å²) in [6, 6.07) is 20.8. The number of aromatic amines is 1. The number of likely N-dealkylation sites (tertiary alicyclic amines) is 1. The van der Waals surface area contributed by atoms with Crippen LogP contribution in [0.1, 0.15) is 38.7 Å². The number of H-pyrrole nitrogens is 1. The average molecular weight is 495 g/mol. The Morgan fingerprint density at radius 2 is 1.65 bits per heavy atom. The first-order valence-corrected chi connectivity index (χ1v) is 12.0. The quantitative estimate of drug-likeness (QED) is 0.171. The highest BCUT2D eigenvalue weighted by Gasteiger charge is 2.45. The predicted molar refractivity (Wildman–Crippen MR) is 140 cm³/mol. The molecule has 186 valence electrons. The third-order valence-electron chi connectivity index (χ3n) is 6.81. The molecule has 1 atom stereocenters. The minimum atomic E-state index is -0.807. The lowest BCUT2D eigenvalue weighted by atomic mass is 9.94. The number of Topliss-reactive ketones (excluding diaryl/α,β-unsaturated/α-hetero) is 1. The highest BCUT2D eigenvalue weighted by molar-refractivity contribution is 6.46. The number of methoxy groups -OCH3 is 1. The Balaban J connectivity index is 1.56. The molecule has 2 N–H and O–H groups in total. The number of fused-ring (bicyclic) bond motifs is 1. The van der Waals surface area contributed by atoms with Gasteiger partial charge in [-0.3, -0.25) is 9.59 Å². The Hall–Kier alpha value is -4.65.